The van der Waals surface area contributed by atoms with Crippen molar-refractivity contribution in [2.75, 3.05) is 26.7 Å². The molecule has 1 aromatic rings. The molecule has 0 amide bonds. The van der Waals surface area contributed by atoms with Crippen LogP contribution in [0.3, 0.4) is 0 Å². The van der Waals surface area contributed by atoms with Crippen molar-refractivity contribution >= 4 is 0 Å². The fourth-order valence-electron chi connectivity index (χ4n) is 2.20. The Morgan fingerprint density at radius 3 is 3.00 bits per heavy atom. The van der Waals surface area contributed by atoms with Crippen LogP contribution in [-0.4, -0.2) is 37.7 Å². The predicted octanol–water partition coefficient (Wildman–Crippen LogP) is 1.46. The zero-order chi connectivity index (χ0) is 12.4. The van der Waals surface area contributed by atoms with Crippen LogP contribution in [0.1, 0.15) is 17.2 Å². The molecule has 17 heavy (non-hydrogen) atoms. The van der Waals surface area contributed by atoms with Crippen LogP contribution in [0, 0.1) is 12.7 Å². The zero-order valence-electron chi connectivity index (χ0n) is 10.3. The molecule has 0 radical (unpaired) electrons. The maximum Gasteiger partial charge on any atom is 0.123 e. The van der Waals surface area contributed by atoms with E-state index in [0.717, 1.165) is 24.2 Å². The summed E-state index contributed by atoms with van der Waals surface area (Å²) in [6, 6.07) is 4.46. The van der Waals surface area contributed by atoms with Gasteiger partial charge in [-0.15, -0.1) is 0 Å². The van der Waals surface area contributed by atoms with Crippen LogP contribution in [0.25, 0.3) is 0 Å². The van der Waals surface area contributed by atoms with Crippen LogP contribution >= 0.6 is 0 Å². The van der Waals surface area contributed by atoms with Gasteiger partial charge in [0.2, 0.25) is 0 Å². The van der Waals surface area contributed by atoms with Crippen LogP contribution in [0.4, 0.5) is 4.39 Å². The molecule has 1 aromatic carbocycles. The molecule has 2 rings (SSSR count). The van der Waals surface area contributed by atoms with Crippen molar-refractivity contribution in [1.82, 2.24) is 4.90 Å². The van der Waals surface area contributed by atoms with Gasteiger partial charge in [0, 0.05) is 13.1 Å². The third kappa shape index (κ3) is 2.83. The van der Waals surface area contributed by atoms with Gasteiger partial charge in [0.15, 0.2) is 0 Å². The van der Waals surface area contributed by atoms with E-state index in [1.165, 1.54) is 12.1 Å². The number of hydrogen-bond acceptors (Lipinski definition) is 3. The number of benzene rings is 1. The predicted molar refractivity (Wildman–Crippen MR) is 65.3 cm³/mol. The Bertz CT molecular complexity index is 397. The van der Waals surface area contributed by atoms with Gasteiger partial charge in [-0.3, -0.25) is 0 Å². The van der Waals surface area contributed by atoms with E-state index in [-0.39, 0.29) is 18.0 Å². The highest BCUT2D eigenvalue weighted by molar-refractivity contribution is 5.30. The van der Waals surface area contributed by atoms with Crippen molar-refractivity contribution in [3.8, 4) is 0 Å². The van der Waals surface area contributed by atoms with E-state index in [1.54, 1.807) is 6.07 Å². The Balaban J connectivity index is 2.18. The number of hydrogen-bond donors (Lipinski definition) is 1. The van der Waals surface area contributed by atoms with Crippen molar-refractivity contribution in [2.24, 2.45) is 5.73 Å². The second-order valence-corrected chi connectivity index (χ2v) is 4.70. The number of morpholine rings is 1. The number of likely N-dealkylation sites (N-methyl/N-ethyl adjacent to an activating group) is 1. The monoisotopic (exact) mass is 238 g/mol. The van der Waals surface area contributed by atoms with E-state index in [2.05, 4.69) is 4.90 Å². The van der Waals surface area contributed by atoms with Gasteiger partial charge >= 0.3 is 0 Å². The molecule has 2 atom stereocenters. The van der Waals surface area contributed by atoms with Crippen molar-refractivity contribution in [1.29, 1.82) is 0 Å². The molecule has 0 aromatic heterocycles. The molecule has 3 nitrogen and oxygen atoms in total. The van der Waals surface area contributed by atoms with Crippen LogP contribution in [0.2, 0.25) is 0 Å². The Morgan fingerprint density at radius 1 is 1.53 bits per heavy atom. The summed E-state index contributed by atoms with van der Waals surface area (Å²) in [6.45, 7) is 4.34. The first kappa shape index (κ1) is 12.5. The van der Waals surface area contributed by atoms with Crippen molar-refractivity contribution < 1.29 is 9.13 Å². The average molecular weight is 238 g/mol. The summed E-state index contributed by atoms with van der Waals surface area (Å²) in [6.07, 6.45) is -0.0609. The molecule has 1 heterocycles. The standard InChI is InChI=1S/C13H19FN2O/c1-9-3-4-10(14)7-11(9)13(15)12-8-16(2)5-6-17-12/h3-4,7,12-13H,5-6,8,15H2,1-2H3. The molecule has 2 unspecified atom stereocenters. The van der Waals surface area contributed by atoms with Crippen molar-refractivity contribution in [3.05, 3.63) is 35.1 Å². The van der Waals surface area contributed by atoms with Gasteiger partial charge in [-0.05, 0) is 37.2 Å². The van der Waals surface area contributed by atoms with E-state index in [4.69, 9.17) is 10.5 Å². The maximum atomic E-state index is 13.2. The minimum absolute atomic E-state index is 0.0609. The number of ether oxygens (including phenoxy) is 1. The average Bonchev–Trinajstić information content (AvgIpc) is 2.31. The maximum absolute atomic E-state index is 13.2. The first-order valence-electron chi connectivity index (χ1n) is 5.89. The molecule has 0 bridgehead atoms. The zero-order valence-corrected chi connectivity index (χ0v) is 10.3. The Hall–Kier alpha value is -0.970. The summed E-state index contributed by atoms with van der Waals surface area (Å²) in [5.41, 5.74) is 8.03. The van der Waals surface area contributed by atoms with E-state index in [9.17, 15) is 4.39 Å². The minimum Gasteiger partial charge on any atom is -0.374 e. The van der Waals surface area contributed by atoms with E-state index in [1.807, 2.05) is 14.0 Å². The summed E-state index contributed by atoms with van der Waals surface area (Å²) in [5, 5.41) is 0. The number of aryl methyl sites for hydroxylation is 1. The second kappa shape index (κ2) is 5.12. The van der Waals surface area contributed by atoms with Gasteiger partial charge in [-0.25, -0.2) is 4.39 Å². The number of nitrogens with two attached hydrogens (primary N) is 1. The lowest BCUT2D eigenvalue weighted by Crippen LogP contribution is -2.45. The summed E-state index contributed by atoms with van der Waals surface area (Å²) in [7, 11) is 2.04. The Morgan fingerprint density at radius 2 is 2.29 bits per heavy atom. The third-order valence-electron chi connectivity index (χ3n) is 3.30. The van der Waals surface area contributed by atoms with Crippen LogP contribution in [0.15, 0.2) is 18.2 Å². The van der Waals surface area contributed by atoms with Gasteiger partial charge in [-0.2, -0.15) is 0 Å². The largest absolute Gasteiger partial charge is 0.374 e. The number of halogens is 1. The molecule has 0 aliphatic carbocycles. The minimum atomic E-state index is -0.270. The molecule has 94 valence electrons. The van der Waals surface area contributed by atoms with Crippen LogP contribution < -0.4 is 5.73 Å². The van der Waals surface area contributed by atoms with Crippen LogP contribution in [0.5, 0.6) is 0 Å². The first-order chi connectivity index (χ1) is 8.08. The van der Waals surface area contributed by atoms with E-state index in [0.29, 0.717) is 6.61 Å². The smallest absolute Gasteiger partial charge is 0.123 e. The number of rotatable bonds is 2. The molecule has 4 heteroatoms. The van der Waals surface area contributed by atoms with E-state index >= 15 is 0 Å². The topological polar surface area (TPSA) is 38.5 Å². The highest BCUT2D eigenvalue weighted by Crippen LogP contribution is 2.23. The molecule has 1 aliphatic heterocycles. The summed E-state index contributed by atoms with van der Waals surface area (Å²) < 4.78 is 18.9. The molecular formula is C13H19FN2O. The second-order valence-electron chi connectivity index (χ2n) is 4.70. The summed E-state index contributed by atoms with van der Waals surface area (Å²) in [4.78, 5) is 2.18. The number of nitrogens with zero attached hydrogens (tertiary/aromatic N) is 1. The normalized spacial score (nSPS) is 23.6. The van der Waals surface area contributed by atoms with E-state index < -0.39 is 0 Å². The van der Waals surface area contributed by atoms with Gasteiger partial charge < -0.3 is 15.4 Å². The fourth-order valence-corrected chi connectivity index (χ4v) is 2.20. The highest BCUT2D eigenvalue weighted by Gasteiger charge is 2.26. The lowest BCUT2D eigenvalue weighted by molar-refractivity contribution is -0.0327. The molecule has 1 aliphatic rings. The van der Waals surface area contributed by atoms with Gasteiger partial charge in [0.05, 0.1) is 18.8 Å². The lowest BCUT2D eigenvalue weighted by Gasteiger charge is -2.34. The third-order valence-corrected chi connectivity index (χ3v) is 3.30. The molecule has 2 N–H and O–H groups in total. The van der Waals surface area contributed by atoms with Gasteiger partial charge in [-0.1, -0.05) is 6.07 Å². The van der Waals surface area contributed by atoms with Crippen molar-refractivity contribution in [2.45, 2.75) is 19.1 Å². The molecule has 1 saturated heterocycles. The van der Waals surface area contributed by atoms with Crippen molar-refractivity contribution in [3.63, 3.8) is 0 Å². The SMILES string of the molecule is Cc1ccc(F)cc1C(N)C1CN(C)CCO1. The quantitative estimate of drug-likeness (QED) is 0.848. The highest BCUT2D eigenvalue weighted by atomic mass is 19.1. The molecule has 0 saturated carbocycles. The first-order valence-corrected chi connectivity index (χ1v) is 5.89. The Labute approximate surface area is 101 Å². The van der Waals surface area contributed by atoms with Gasteiger partial charge in [0.25, 0.3) is 0 Å². The summed E-state index contributed by atoms with van der Waals surface area (Å²) in [5.74, 6) is -0.245. The molecule has 1 fully saturated rings. The fraction of sp³-hybridized carbons (Fsp3) is 0.538. The summed E-state index contributed by atoms with van der Waals surface area (Å²) >= 11 is 0. The molecular weight excluding hydrogens is 219 g/mol. The van der Waals surface area contributed by atoms with Crippen LogP contribution in [-0.2, 0) is 4.74 Å². The lowest BCUT2D eigenvalue weighted by atomic mass is 9.96. The van der Waals surface area contributed by atoms with Gasteiger partial charge in [0.1, 0.15) is 5.82 Å². The Kier molecular flexibility index (Phi) is 3.76. The molecule has 0 spiro atoms.